The van der Waals surface area contributed by atoms with Gasteiger partial charge in [-0.25, -0.2) is 9.59 Å². The molecule has 0 saturated heterocycles. The minimum Gasteiger partial charge on any atom is -0.478 e. The number of allylic oxidation sites excluding steroid dienone is 3. The van der Waals surface area contributed by atoms with Crippen molar-refractivity contribution in [2.45, 2.75) is 46.0 Å². The Balaban J connectivity index is 2.11. The van der Waals surface area contributed by atoms with E-state index in [0.717, 1.165) is 31.3 Å². The zero-order chi connectivity index (χ0) is 17.7. The first-order chi connectivity index (χ1) is 11.3. The van der Waals surface area contributed by atoms with Gasteiger partial charge in [0.15, 0.2) is 0 Å². The maximum absolute atomic E-state index is 11.3. The molecule has 0 aromatic carbocycles. The molecule has 0 spiro atoms. The summed E-state index contributed by atoms with van der Waals surface area (Å²) in [5, 5.41) is 9.27. The minimum absolute atomic E-state index is 0.0951. The number of esters is 1. The summed E-state index contributed by atoms with van der Waals surface area (Å²) in [5.41, 5.74) is 2.14. The number of hydrogen-bond donors (Lipinski definition) is 1. The minimum atomic E-state index is -0.918. The fourth-order valence-corrected chi connectivity index (χ4v) is 3.27. The lowest BCUT2D eigenvalue weighted by molar-refractivity contribution is -0.135. The van der Waals surface area contributed by atoms with E-state index in [9.17, 15) is 14.7 Å². The third-order valence-electron chi connectivity index (χ3n) is 5.40. The Bertz CT molecular complexity index is 624. The summed E-state index contributed by atoms with van der Waals surface area (Å²) >= 11 is 0. The number of carboxylic acids is 1. The molecule has 2 aliphatic rings. The van der Waals surface area contributed by atoms with Crippen LogP contribution in [0.15, 0.2) is 47.6 Å². The highest BCUT2D eigenvalue weighted by molar-refractivity contribution is 5.91. The molecule has 0 unspecified atom stereocenters. The summed E-state index contributed by atoms with van der Waals surface area (Å²) in [6.07, 6.45) is 11.4. The monoisotopic (exact) mass is 330 g/mol. The van der Waals surface area contributed by atoms with Gasteiger partial charge in [0.2, 0.25) is 0 Å². The zero-order valence-corrected chi connectivity index (χ0v) is 14.5. The molecule has 4 nitrogen and oxygen atoms in total. The van der Waals surface area contributed by atoms with E-state index < -0.39 is 5.97 Å². The van der Waals surface area contributed by atoms with E-state index in [1.54, 1.807) is 12.2 Å². The fraction of sp³-hybridized carbons (Fsp3) is 0.500. The molecule has 4 heteroatoms. The highest BCUT2D eigenvalue weighted by Crippen LogP contribution is 2.41. The second kappa shape index (κ2) is 7.65. The number of cyclic esters (lactones) is 1. The van der Waals surface area contributed by atoms with E-state index in [0.29, 0.717) is 30.1 Å². The number of ether oxygens (including phenoxy) is 1. The second-order valence-electron chi connectivity index (χ2n) is 7.13. The smallest absolute Gasteiger partial charge is 0.335 e. The molecule has 130 valence electrons. The van der Waals surface area contributed by atoms with Gasteiger partial charge in [0.05, 0.1) is 5.57 Å². The van der Waals surface area contributed by atoms with Gasteiger partial charge < -0.3 is 9.84 Å². The molecule has 2 atom stereocenters. The predicted molar refractivity (Wildman–Crippen MR) is 93.4 cm³/mol. The molecule has 24 heavy (non-hydrogen) atoms. The molecule has 1 aliphatic heterocycles. The Hall–Kier alpha value is -2.10. The van der Waals surface area contributed by atoms with Crippen LogP contribution in [0.1, 0.15) is 46.0 Å². The molecule has 2 rings (SSSR count). The molecule has 0 amide bonds. The molecule has 1 heterocycles. The van der Waals surface area contributed by atoms with Gasteiger partial charge in [-0.05, 0) is 60.7 Å². The normalized spacial score (nSPS) is 29.5. The molecule has 0 fully saturated rings. The van der Waals surface area contributed by atoms with Crippen molar-refractivity contribution < 1.29 is 19.4 Å². The first-order valence-corrected chi connectivity index (χ1v) is 8.46. The van der Waals surface area contributed by atoms with Crippen molar-refractivity contribution in [3.05, 3.63) is 47.6 Å². The second-order valence-corrected chi connectivity index (χ2v) is 7.13. The topological polar surface area (TPSA) is 63.6 Å². The first-order valence-electron chi connectivity index (χ1n) is 8.46. The third kappa shape index (κ3) is 4.47. The molecule has 0 aromatic rings. The van der Waals surface area contributed by atoms with E-state index >= 15 is 0 Å². The number of carboxylic acid groups (broad SMARTS) is 1. The van der Waals surface area contributed by atoms with Gasteiger partial charge in [-0.2, -0.15) is 0 Å². The Morgan fingerprint density at radius 3 is 2.88 bits per heavy atom. The van der Waals surface area contributed by atoms with E-state index in [1.807, 2.05) is 12.2 Å². The van der Waals surface area contributed by atoms with Crippen LogP contribution >= 0.6 is 0 Å². The molecule has 0 radical (unpaired) electrons. The Labute approximate surface area is 143 Å². The maximum atomic E-state index is 11.3. The lowest BCUT2D eigenvalue weighted by atomic mass is 9.69. The van der Waals surface area contributed by atoms with Crippen LogP contribution in [0.5, 0.6) is 0 Å². The predicted octanol–water partition coefficient (Wildman–Crippen LogP) is 4.20. The van der Waals surface area contributed by atoms with Crippen molar-refractivity contribution in [3.63, 3.8) is 0 Å². The van der Waals surface area contributed by atoms with Gasteiger partial charge in [0.1, 0.15) is 6.61 Å². The van der Waals surface area contributed by atoms with Crippen LogP contribution in [-0.2, 0) is 14.3 Å². The largest absolute Gasteiger partial charge is 0.478 e. The van der Waals surface area contributed by atoms with Crippen LogP contribution < -0.4 is 0 Å². The van der Waals surface area contributed by atoms with Crippen LogP contribution in [0.4, 0.5) is 0 Å². The van der Waals surface area contributed by atoms with Crippen LogP contribution in [-0.4, -0.2) is 23.7 Å². The number of carbonyl (C=O) groups is 2. The summed E-state index contributed by atoms with van der Waals surface area (Å²) in [6, 6.07) is 0. The van der Waals surface area contributed by atoms with Crippen LogP contribution in [0, 0.1) is 11.3 Å². The van der Waals surface area contributed by atoms with Gasteiger partial charge in [-0.3, -0.25) is 0 Å². The number of hydrogen-bond acceptors (Lipinski definition) is 3. The van der Waals surface area contributed by atoms with Gasteiger partial charge >= 0.3 is 11.9 Å². The molecule has 1 aliphatic carbocycles. The molecule has 1 N–H and O–H groups in total. The highest BCUT2D eigenvalue weighted by Gasteiger charge is 2.31. The van der Waals surface area contributed by atoms with Gasteiger partial charge in [-0.15, -0.1) is 0 Å². The maximum Gasteiger partial charge on any atom is 0.335 e. The van der Waals surface area contributed by atoms with Crippen molar-refractivity contribution in [3.8, 4) is 0 Å². The van der Waals surface area contributed by atoms with E-state index in [4.69, 9.17) is 4.74 Å². The fourth-order valence-electron chi connectivity index (χ4n) is 3.27. The summed E-state index contributed by atoms with van der Waals surface area (Å²) in [6.45, 7) is 8.85. The summed E-state index contributed by atoms with van der Waals surface area (Å²) in [7, 11) is 0. The van der Waals surface area contributed by atoms with E-state index in [-0.39, 0.29) is 11.4 Å². The van der Waals surface area contributed by atoms with Crippen LogP contribution in [0.3, 0.4) is 0 Å². The number of rotatable bonds is 4. The Kier molecular flexibility index (Phi) is 5.81. The molecule has 0 aromatic heterocycles. The van der Waals surface area contributed by atoms with Crippen molar-refractivity contribution >= 4 is 11.9 Å². The van der Waals surface area contributed by atoms with Crippen molar-refractivity contribution in [2.24, 2.45) is 11.3 Å². The van der Waals surface area contributed by atoms with Crippen LogP contribution in [0.25, 0.3) is 0 Å². The summed E-state index contributed by atoms with van der Waals surface area (Å²) < 4.78 is 4.97. The zero-order valence-electron chi connectivity index (χ0n) is 14.5. The molecule has 0 bridgehead atoms. The Morgan fingerprint density at radius 1 is 1.50 bits per heavy atom. The van der Waals surface area contributed by atoms with Gasteiger partial charge in [0.25, 0.3) is 0 Å². The van der Waals surface area contributed by atoms with Crippen molar-refractivity contribution in [2.75, 3.05) is 6.61 Å². The standard InChI is InChI=1S/C20H26O4/c1-14-7-8-15(2)20(3,10-5-4-6-17(14)19(22)23)11-9-16-12-18(21)24-13-16/h4-6,12,15H,1,7-11,13H2,2-3H3,(H,22,23)/b5-4-,17-6?/t15-,20+/m1/s1. The molecular weight excluding hydrogens is 304 g/mol. The van der Waals surface area contributed by atoms with E-state index in [2.05, 4.69) is 20.4 Å². The number of carbonyl (C=O) groups excluding carboxylic acids is 1. The van der Waals surface area contributed by atoms with Gasteiger partial charge in [0, 0.05) is 6.08 Å². The molecular formula is C20H26O4. The Morgan fingerprint density at radius 2 is 2.25 bits per heavy atom. The third-order valence-corrected chi connectivity index (χ3v) is 5.40. The molecule has 0 saturated carbocycles. The van der Waals surface area contributed by atoms with Crippen LogP contribution in [0.2, 0.25) is 0 Å². The first kappa shape index (κ1) is 18.2. The van der Waals surface area contributed by atoms with Gasteiger partial charge in [-0.1, -0.05) is 32.6 Å². The average molecular weight is 330 g/mol. The van der Waals surface area contributed by atoms with E-state index in [1.165, 1.54) is 0 Å². The summed E-state index contributed by atoms with van der Waals surface area (Å²) in [5.74, 6) is -0.735. The summed E-state index contributed by atoms with van der Waals surface area (Å²) in [4.78, 5) is 22.5. The SMILES string of the molecule is C=C1CC[C@@H](C)[C@](C)(CCC2=CC(=O)OC2)C/C=C\C=C1C(=O)O. The number of aliphatic carboxylic acids is 1. The lowest BCUT2D eigenvalue weighted by Crippen LogP contribution is -2.26. The van der Waals surface area contributed by atoms with Crippen molar-refractivity contribution in [1.82, 2.24) is 0 Å². The quantitative estimate of drug-likeness (QED) is 0.785. The average Bonchev–Trinajstić information content (AvgIpc) is 2.94. The lowest BCUT2D eigenvalue weighted by Gasteiger charge is -2.36. The van der Waals surface area contributed by atoms with Crippen molar-refractivity contribution in [1.29, 1.82) is 0 Å². The highest BCUT2D eigenvalue weighted by atomic mass is 16.5.